The van der Waals surface area contributed by atoms with Crippen LogP contribution in [0.4, 0.5) is 0 Å². The Morgan fingerprint density at radius 2 is 2.16 bits per heavy atom. The summed E-state index contributed by atoms with van der Waals surface area (Å²) >= 11 is 0. The lowest BCUT2D eigenvalue weighted by Gasteiger charge is -2.10. The molecule has 0 aromatic heterocycles. The van der Waals surface area contributed by atoms with Crippen LogP contribution in [0.2, 0.25) is 0 Å². The largest absolute Gasteiger partial charge is 0.493 e. The van der Waals surface area contributed by atoms with E-state index < -0.39 is 0 Å². The van der Waals surface area contributed by atoms with Crippen molar-refractivity contribution in [1.82, 2.24) is 5.32 Å². The van der Waals surface area contributed by atoms with E-state index in [1.807, 2.05) is 32.0 Å². The molecule has 1 atom stereocenters. The average Bonchev–Trinajstić information content (AvgIpc) is 2.33. The number of ether oxygens (including phenoxy) is 1. The number of hydrogen-bond donors (Lipinski definition) is 2. The highest BCUT2D eigenvalue weighted by Crippen LogP contribution is 2.19. The first kappa shape index (κ1) is 15.5. The molecule has 0 aliphatic carbocycles. The Labute approximate surface area is 114 Å². The van der Waals surface area contributed by atoms with Gasteiger partial charge in [0.1, 0.15) is 5.75 Å². The van der Waals surface area contributed by atoms with Gasteiger partial charge in [-0.15, -0.1) is 0 Å². The van der Waals surface area contributed by atoms with Gasteiger partial charge in [0, 0.05) is 6.54 Å². The Balaban J connectivity index is 2.26. The lowest BCUT2D eigenvalue weighted by molar-refractivity contribution is -0.121. The first-order valence-corrected chi connectivity index (χ1v) is 6.64. The van der Waals surface area contributed by atoms with Crippen LogP contribution in [0.5, 0.6) is 5.75 Å². The van der Waals surface area contributed by atoms with Crippen molar-refractivity contribution in [1.29, 1.82) is 0 Å². The number of hydrogen-bond acceptors (Lipinski definition) is 3. The van der Waals surface area contributed by atoms with Crippen LogP contribution in [0.1, 0.15) is 30.9 Å². The molecule has 0 fully saturated rings. The van der Waals surface area contributed by atoms with Crippen molar-refractivity contribution in [3.05, 3.63) is 29.3 Å². The smallest absolute Gasteiger partial charge is 0.223 e. The van der Waals surface area contributed by atoms with Crippen LogP contribution in [0.15, 0.2) is 18.2 Å². The quantitative estimate of drug-likeness (QED) is 0.792. The van der Waals surface area contributed by atoms with E-state index in [2.05, 4.69) is 5.32 Å². The predicted octanol–water partition coefficient (Wildman–Crippen LogP) is 1.96. The summed E-state index contributed by atoms with van der Waals surface area (Å²) in [6.07, 6.45) is 0.517. The third-order valence-electron chi connectivity index (χ3n) is 2.81. The summed E-state index contributed by atoms with van der Waals surface area (Å²) < 4.78 is 5.61. The van der Waals surface area contributed by atoms with E-state index in [0.29, 0.717) is 26.0 Å². The number of carbonyl (C=O) groups excluding carboxylic acids is 1. The monoisotopic (exact) mass is 265 g/mol. The highest BCUT2D eigenvalue weighted by molar-refractivity contribution is 5.75. The second-order valence-corrected chi connectivity index (χ2v) is 4.86. The lowest BCUT2D eigenvalue weighted by Crippen LogP contribution is -2.27. The first-order chi connectivity index (χ1) is 8.99. The SMILES string of the molecule is Cc1ccc(C)c(OCCC(=O)NCCC(C)O)c1. The normalized spacial score (nSPS) is 12.0. The Morgan fingerprint density at radius 1 is 1.42 bits per heavy atom. The maximum Gasteiger partial charge on any atom is 0.223 e. The van der Waals surface area contributed by atoms with Crippen molar-refractivity contribution in [3.8, 4) is 5.75 Å². The van der Waals surface area contributed by atoms with Gasteiger partial charge in [-0.2, -0.15) is 0 Å². The molecule has 2 N–H and O–H groups in total. The molecule has 0 heterocycles. The summed E-state index contributed by atoms with van der Waals surface area (Å²) in [5.74, 6) is 0.780. The number of aliphatic hydroxyl groups excluding tert-OH is 1. The highest BCUT2D eigenvalue weighted by atomic mass is 16.5. The summed E-state index contributed by atoms with van der Waals surface area (Å²) in [7, 11) is 0. The zero-order valence-electron chi connectivity index (χ0n) is 11.9. The molecule has 4 heteroatoms. The van der Waals surface area contributed by atoms with Crippen molar-refractivity contribution >= 4 is 5.91 Å². The summed E-state index contributed by atoms with van der Waals surface area (Å²) in [6.45, 7) is 6.56. The van der Waals surface area contributed by atoms with Crippen molar-refractivity contribution in [2.24, 2.45) is 0 Å². The second-order valence-electron chi connectivity index (χ2n) is 4.86. The minimum absolute atomic E-state index is 0.0500. The van der Waals surface area contributed by atoms with E-state index in [4.69, 9.17) is 9.84 Å². The molecule has 0 bridgehead atoms. The van der Waals surface area contributed by atoms with Gasteiger partial charge in [-0.3, -0.25) is 4.79 Å². The molecule has 1 amide bonds. The third-order valence-corrected chi connectivity index (χ3v) is 2.81. The van der Waals surface area contributed by atoms with Crippen molar-refractivity contribution in [3.63, 3.8) is 0 Å². The van der Waals surface area contributed by atoms with Gasteiger partial charge in [0.05, 0.1) is 19.1 Å². The number of amides is 1. The van der Waals surface area contributed by atoms with Crippen LogP contribution in [0.25, 0.3) is 0 Å². The number of benzene rings is 1. The fraction of sp³-hybridized carbons (Fsp3) is 0.533. The van der Waals surface area contributed by atoms with E-state index in [1.165, 1.54) is 0 Å². The molecule has 0 aliphatic rings. The fourth-order valence-electron chi connectivity index (χ4n) is 1.63. The summed E-state index contributed by atoms with van der Waals surface area (Å²) in [4.78, 5) is 11.5. The Morgan fingerprint density at radius 3 is 2.84 bits per heavy atom. The molecular weight excluding hydrogens is 242 g/mol. The van der Waals surface area contributed by atoms with Gasteiger partial charge in [0.25, 0.3) is 0 Å². The molecule has 0 radical (unpaired) electrons. The Kier molecular flexibility index (Phi) is 6.36. The van der Waals surface area contributed by atoms with Crippen LogP contribution in [0, 0.1) is 13.8 Å². The van der Waals surface area contributed by atoms with Gasteiger partial charge in [-0.05, 0) is 44.4 Å². The van der Waals surface area contributed by atoms with Crippen LogP contribution >= 0.6 is 0 Å². The van der Waals surface area contributed by atoms with Crippen molar-refractivity contribution in [2.75, 3.05) is 13.2 Å². The molecule has 1 aromatic carbocycles. The molecule has 0 saturated carbocycles. The maximum absolute atomic E-state index is 11.5. The van der Waals surface area contributed by atoms with E-state index in [-0.39, 0.29) is 12.0 Å². The molecule has 0 aliphatic heterocycles. The molecule has 106 valence electrons. The maximum atomic E-state index is 11.5. The number of nitrogens with one attached hydrogen (secondary N) is 1. The fourth-order valence-corrected chi connectivity index (χ4v) is 1.63. The molecule has 1 aromatic rings. The highest BCUT2D eigenvalue weighted by Gasteiger charge is 2.04. The molecule has 1 unspecified atom stereocenters. The third kappa shape index (κ3) is 6.25. The topological polar surface area (TPSA) is 58.6 Å². The molecule has 4 nitrogen and oxygen atoms in total. The van der Waals surface area contributed by atoms with E-state index in [0.717, 1.165) is 16.9 Å². The first-order valence-electron chi connectivity index (χ1n) is 6.64. The average molecular weight is 265 g/mol. The molecule has 0 saturated heterocycles. The minimum Gasteiger partial charge on any atom is -0.493 e. The molecular formula is C15H23NO3. The van der Waals surface area contributed by atoms with Gasteiger partial charge in [0.2, 0.25) is 5.91 Å². The van der Waals surface area contributed by atoms with Gasteiger partial charge in [-0.25, -0.2) is 0 Å². The van der Waals surface area contributed by atoms with E-state index in [1.54, 1.807) is 6.92 Å². The number of rotatable bonds is 7. The van der Waals surface area contributed by atoms with Crippen LogP contribution in [0.3, 0.4) is 0 Å². The lowest BCUT2D eigenvalue weighted by atomic mass is 10.1. The predicted molar refractivity (Wildman–Crippen MR) is 75.3 cm³/mol. The Hall–Kier alpha value is -1.55. The minimum atomic E-state index is -0.383. The van der Waals surface area contributed by atoms with Crippen LogP contribution in [-0.4, -0.2) is 30.3 Å². The number of aliphatic hydroxyl groups is 1. The van der Waals surface area contributed by atoms with E-state index in [9.17, 15) is 4.79 Å². The van der Waals surface area contributed by atoms with Crippen molar-refractivity contribution < 1.29 is 14.6 Å². The molecule has 0 spiro atoms. The number of carbonyl (C=O) groups is 1. The standard InChI is InChI=1S/C15H23NO3/c1-11-4-5-12(2)14(10-11)19-9-7-15(18)16-8-6-13(3)17/h4-5,10,13,17H,6-9H2,1-3H3,(H,16,18). The summed E-state index contributed by atoms with van der Waals surface area (Å²) in [6, 6.07) is 6.01. The summed E-state index contributed by atoms with van der Waals surface area (Å²) in [5.41, 5.74) is 2.21. The zero-order valence-corrected chi connectivity index (χ0v) is 11.9. The van der Waals surface area contributed by atoms with E-state index >= 15 is 0 Å². The summed E-state index contributed by atoms with van der Waals surface area (Å²) in [5, 5.41) is 11.8. The zero-order chi connectivity index (χ0) is 14.3. The van der Waals surface area contributed by atoms with Gasteiger partial charge >= 0.3 is 0 Å². The number of aryl methyl sites for hydroxylation is 2. The Bertz CT molecular complexity index is 416. The van der Waals surface area contributed by atoms with Gasteiger partial charge in [-0.1, -0.05) is 12.1 Å². The van der Waals surface area contributed by atoms with Crippen molar-refractivity contribution in [2.45, 2.75) is 39.7 Å². The molecule has 19 heavy (non-hydrogen) atoms. The van der Waals surface area contributed by atoms with Crippen LogP contribution < -0.4 is 10.1 Å². The second kappa shape index (κ2) is 7.79. The van der Waals surface area contributed by atoms with Gasteiger partial charge in [0.15, 0.2) is 0 Å². The van der Waals surface area contributed by atoms with Gasteiger partial charge < -0.3 is 15.2 Å². The van der Waals surface area contributed by atoms with Crippen LogP contribution in [-0.2, 0) is 4.79 Å². The molecule has 1 rings (SSSR count).